The third-order valence-corrected chi connectivity index (χ3v) is 6.52. The van der Waals surface area contributed by atoms with E-state index in [0.717, 1.165) is 0 Å². The molecule has 12 nitrogen and oxygen atoms in total. The van der Waals surface area contributed by atoms with Gasteiger partial charge in [-0.1, -0.05) is 24.3 Å². The van der Waals surface area contributed by atoms with Gasteiger partial charge in [0.05, 0.1) is 22.8 Å². The van der Waals surface area contributed by atoms with Crippen LogP contribution in [0.25, 0.3) is 0 Å². The number of hydrogen-bond donors (Lipinski definition) is 0. The van der Waals surface area contributed by atoms with Crippen LogP contribution >= 0.6 is 0 Å². The molecule has 4 rings (SSSR count). The molecule has 0 spiro atoms. The molecule has 0 radical (unpaired) electrons. The van der Waals surface area contributed by atoms with E-state index in [2.05, 4.69) is 19.9 Å². The summed E-state index contributed by atoms with van der Waals surface area (Å²) in [7, 11) is -9.09. The van der Waals surface area contributed by atoms with Gasteiger partial charge in [0.1, 0.15) is 30.7 Å². The zero-order valence-electron chi connectivity index (χ0n) is 19.0. The van der Waals surface area contributed by atoms with Gasteiger partial charge in [0.25, 0.3) is 0 Å². The monoisotopic (exact) mass is 922 g/mol. The molecule has 0 atom stereocenters. The molecular formula is C22H20N4O8Pt2S2. The van der Waals surface area contributed by atoms with Gasteiger partial charge in [-0.2, -0.15) is 0 Å². The van der Waals surface area contributed by atoms with Crippen molar-refractivity contribution in [2.24, 2.45) is 0 Å². The first-order valence-electron chi connectivity index (χ1n) is 9.71. The van der Waals surface area contributed by atoms with Crippen LogP contribution in [0, 0.1) is 0 Å². The van der Waals surface area contributed by atoms with E-state index in [1.807, 2.05) is 0 Å². The van der Waals surface area contributed by atoms with Gasteiger partial charge in [0, 0.05) is 24.8 Å². The number of nitrogens with zero attached hydrogens (tertiary/aromatic N) is 4. The molecule has 0 saturated carbocycles. The summed E-state index contributed by atoms with van der Waals surface area (Å²) in [5.74, 6) is 0. The molecule has 0 aliphatic heterocycles. The molecule has 208 valence electrons. The molecule has 0 fully saturated rings. The average molecular weight is 923 g/mol. The van der Waals surface area contributed by atoms with Crippen molar-refractivity contribution in [1.29, 1.82) is 0 Å². The maximum absolute atomic E-state index is 11.3. The van der Waals surface area contributed by atoms with Crippen LogP contribution in [0.2, 0.25) is 0 Å². The predicted octanol–water partition coefficient (Wildman–Crippen LogP) is 1.86. The van der Waals surface area contributed by atoms with Crippen molar-refractivity contribution in [2.75, 3.05) is 0 Å². The zero-order chi connectivity index (χ0) is 24.6. The summed E-state index contributed by atoms with van der Waals surface area (Å²) >= 11 is 0. The van der Waals surface area contributed by atoms with Crippen LogP contribution < -0.4 is 0 Å². The minimum absolute atomic E-state index is 0. The van der Waals surface area contributed by atoms with Crippen LogP contribution in [0.4, 0.5) is 0 Å². The SMILES string of the molecule is O=S(=O)([O-])C(c1ccccn1)c1ccccn1.O=S(=O)([O-])C(c1ccccn1)c1ccccn1.[OH-].[OH-].[Pt+2].[Pt+2]. The van der Waals surface area contributed by atoms with Gasteiger partial charge in [0.15, 0.2) is 0 Å². The molecule has 16 heteroatoms. The molecule has 0 aliphatic rings. The minimum Gasteiger partial charge on any atom is -0.870 e. The molecular weight excluding hydrogens is 903 g/mol. The summed E-state index contributed by atoms with van der Waals surface area (Å²) in [5.41, 5.74) is 0.727. The molecule has 2 N–H and O–H groups in total. The number of aromatic nitrogens is 4. The molecule has 0 saturated heterocycles. The van der Waals surface area contributed by atoms with Crippen molar-refractivity contribution >= 4 is 20.2 Å². The van der Waals surface area contributed by atoms with Crippen LogP contribution in [0.1, 0.15) is 33.3 Å². The third kappa shape index (κ3) is 10.8. The molecule has 0 bridgehead atoms. The van der Waals surface area contributed by atoms with Gasteiger partial charge in [-0.25, -0.2) is 16.8 Å². The summed E-state index contributed by atoms with van der Waals surface area (Å²) in [6.45, 7) is 0. The Kier molecular flexibility index (Phi) is 17.3. The van der Waals surface area contributed by atoms with Crippen molar-refractivity contribution in [3.05, 3.63) is 120 Å². The van der Waals surface area contributed by atoms with Crippen molar-refractivity contribution in [3.63, 3.8) is 0 Å². The minimum atomic E-state index is -4.55. The second-order valence-electron chi connectivity index (χ2n) is 6.76. The smallest absolute Gasteiger partial charge is 0.870 e. The Labute approximate surface area is 248 Å². The summed E-state index contributed by atoms with van der Waals surface area (Å²) in [5, 5.41) is -2.71. The predicted molar refractivity (Wildman–Crippen MR) is 124 cm³/mol. The van der Waals surface area contributed by atoms with E-state index >= 15 is 0 Å². The fraction of sp³-hybridized carbons (Fsp3) is 0.0909. The second kappa shape index (κ2) is 17.3. The van der Waals surface area contributed by atoms with Gasteiger partial charge < -0.3 is 20.1 Å². The summed E-state index contributed by atoms with van der Waals surface area (Å²) in [6, 6.07) is 19.1. The fourth-order valence-electron chi connectivity index (χ4n) is 3.02. The van der Waals surface area contributed by atoms with Crippen molar-refractivity contribution in [2.45, 2.75) is 10.5 Å². The fourth-order valence-corrected chi connectivity index (χ4v) is 4.76. The average Bonchev–Trinajstić information content (AvgIpc) is 2.81. The van der Waals surface area contributed by atoms with Gasteiger partial charge in [-0.15, -0.1) is 0 Å². The van der Waals surface area contributed by atoms with Crippen LogP contribution in [0.15, 0.2) is 97.6 Å². The van der Waals surface area contributed by atoms with Gasteiger partial charge in [-0.05, 0) is 48.5 Å². The normalized spacial score (nSPS) is 10.4. The zero-order valence-corrected chi connectivity index (χ0v) is 25.2. The second-order valence-corrected chi connectivity index (χ2v) is 9.68. The molecule has 0 aromatic carbocycles. The molecule has 0 unspecified atom stereocenters. The van der Waals surface area contributed by atoms with Crippen molar-refractivity contribution < 1.29 is 79.0 Å². The van der Waals surface area contributed by atoms with Gasteiger partial charge in [0.2, 0.25) is 0 Å². The maximum Gasteiger partial charge on any atom is 2.00 e. The molecule has 4 heterocycles. The first-order valence-corrected chi connectivity index (χ1v) is 12.7. The van der Waals surface area contributed by atoms with Crippen LogP contribution in [-0.4, -0.2) is 56.8 Å². The Morgan fingerprint density at radius 1 is 0.474 bits per heavy atom. The molecule has 0 aliphatic carbocycles. The molecule has 4 aromatic rings. The van der Waals surface area contributed by atoms with Gasteiger partial charge in [-0.3, -0.25) is 19.9 Å². The first-order chi connectivity index (χ1) is 16.2. The number of hydrogen-bond acceptors (Lipinski definition) is 12. The largest absolute Gasteiger partial charge is 2.00 e. The van der Waals surface area contributed by atoms with E-state index in [-0.39, 0.29) is 75.9 Å². The van der Waals surface area contributed by atoms with E-state index in [9.17, 15) is 25.9 Å². The summed E-state index contributed by atoms with van der Waals surface area (Å²) in [4.78, 5) is 15.6. The Morgan fingerprint density at radius 3 is 0.816 bits per heavy atom. The summed E-state index contributed by atoms with van der Waals surface area (Å²) < 4.78 is 67.8. The topological polar surface area (TPSA) is 226 Å². The Morgan fingerprint density at radius 2 is 0.684 bits per heavy atom. The number of rotatable bonds is 6. The van der Waals surface area contributed by atoms with Crippen LogP contribution in [0.5, 0.6) is 0 Å². The maximum atomic E-state index is 11.3. The van der Waals surface area contributed by atoms with E-state index in [0.29, 0.717) is 0 Å². The number of pyridine rings is 4. The standard InChI is InChI=1S/2C11H10N2O3S.2H2O.2Pt/c2*14-17(15,16)11(9-5-1-3-7-12-9)10-6-2-4-8-13-10;;;;/h2*1-8,11H,(H,14,15,16);2*1H2;;/q;;;;2*+2/p-4. The van der Waals surface area contributed by atoms with E-state index in [1.165, 1.54) is 49.1 Å². The van der Waals surface area contributed by atoms with Crippen molar-refractivity contribution in [3.8, 4) is 0 Å². The molecule has 4 aromatic heterocycles. The van der Waals surface area contributed by atoms with Crippen LogP contribution in [0.3, 0.4) is 0 Å². The van der Waals surface area contributed by atoms with E-state index in [1.54, 1.807) is 48.5 Å². The van der Waals surface area contributed by atoms with E-state index < -0.39 is 30.7 Å². The molecule has 38 heavy (non-hydrogen) atoms. The molecule has 0 amide bonds. The third-order valence-electron chi connectivity index (χ3n) is 4.40. The Hall–Kier alpha value is -2.28. The quantitative estimate of drug-likeness (QED) is 0.253. The first kappa shape index (κ1) is 37.9. The van der Waals surface area contributed by atoms with Crippen molar-refractivity contribution in [1.82, 2.24) is 19.9 Å². The Bertz CT molecular complexity index is 1220. The Balaban J connectivity index is 0. The van der Waals surface area contributed by atoms with E-state index in [4.69, 9.17) is 0 Å². The van der Waals surface area contributed by atoms with Crippen LogP contribution in [-0.2, 0) is 62.4 Å². The summed E-state index contributed by atoms with van der Waals surface area (Å²) in [6.07, 6.45) is 5.76. The van der Waals surface area contributed by atoms with Gasteiger partial charge >= 0.3 is 42.1 Å².